The first-order chi connectivity index (χ1) is 9.81. The van der Waals surface area contributed by atoms with Crippen LogP contribution >= 0.6 is 0 Å². The van der Waals surface area contributed by atoms with Crippen LogP contribution in [-0.4, -0.2) is 9.55 Å². The van der Waals surface area contributed by atoms with Crippen molar-refractivity contribution in [2.24, 2.45) is 5.92 Å². The van der Waals surface area contributed by atoms with E-state index < -0.39 is 11.6 Å². The predicted molar refractivity (Wildman–Crippen MR) is 80.9 cm³/mol. The molecule has 0 saturated carbocycles. The van der Waals surface area contributed by atoms with E-state index in [4.69, 9.17) is 5.73 Å². The van der Waals surface area contributed by atoms with Gasteiger partial charge in [-0.05, 0) is 24.1 Å². The van der Waals surface area contributed by atoms with Gasteiger partial charge >= 0.3 is 0 Å². The Labute approximate surface area is 123 Å². The van der Waals surface area contributed by atoms with E-state index in [-0.39, 0.29) is 11.5 Å². The summed E-state index contributed by atoms with van der Waals surface area (Å²) in [7, 11) is 0. The number of aromatic nitrogens is 2. The van der Waals surface area contributed by atoms with Gasteiger partial charge < -0.3 is 10.3 Å². The van der Waals surface area contributed by atoms with Crippen LogP contribution in [0.5, 0.6) is 0 Å². The molecule has 2 rings (SSSR count). The lowest BCUT2D eigenvalue weighted by Crippen LogP contribution is -2.12. The molecule has 0 saturated heterocycles. The highest BCUT2D eigenvalue weighted by atomic mass is 19.1. The van der Waals surface area contributed by atoms with E-state index in [0.29, 0.717) is 24.0 Å². The third-order valence-electron chi connectivity index (χ3n) is 3.28. The van der Waals surface area contributed by atoms with Crippen molar-refractivity contribution in [2.45, 2.75) is 40.2 Å². The molecule has 0 amide bonds. The van der Waals surface area contributed by atoms with Crippen LogP contribution in [0.4, 0.5) is 14.6 Å². The fraction of sp³-hybridized carbons (Fsp3) is 0.438. The van der Waals surface area contributed by atoms with E-state index in [9.17, 15) is 8.78 Å². The lowest BCUT2D eigenvalue weighted by Gasteiger charge is -2.14. The summed E-state index contributed by atoms with van der Waals surface area (Å²) in [6.07, 6.45) is 0. The monoisotopic (exact) mass is 293 g/mol. The number of nitrogen functional groups attached to an aromatic ring is 1. The van der Waals surface area contributed by atoms with Gasteiger partial charge in [0.15, 0.2) is 0 Å². The molecular weight excluding hydrogens is 272 g/mol. The van der Waals surface area contributed by atoms with Crippen molar-refractivity contribution >= 4 is 5.82 Å². The lowest BCUT2D eigenvalue weighted by atomic mass is 10.1. The molecule has 0 unspecified atom stereocenters. The Kier molecular flexibility index (Phi) is 4.30. The zero-order chi connectivity index (χ0) is 15.7. The molecule has 1 aromatic carbocycles. The molecule has 21 heavy (non-hydrogen) atoms. The summed E-state index contributed by atoms with van der Waals surface area (Å²) in [4.78, 5) is 4.47. The van der Waals surface area contributed by atoms with Gasteiger partial charge in [-0.2, -0.15) is 0 Å². The van der Waals surface area contributed by atoms with Crippen LogP contribution in [0.3, 0.4) is 0 Å². The average molecular weight is 293 g/mol. The lowest BCUT2D eigenvalue weighted by molar-refractivity contribution is 0.502. The van der Waals surface area contributed by atoms with Crippen molar-refractivity contribution in [3.63, 3.8) is 0 Å². The third kappa shape index (κ3) is 3.06. The minimum atomic E-state index is -0.521. The summed E-state index contributed by atoms with van der Waals surface area (Å²) in [5, 5.41) is 0. The quantitative estimate of drug-likeness (QED) is 0.918. The molecular formula is C16H21F2N3. The van der Waals surface area contributed by atoms with Crippen LogP contribution in [0.2, 0.25) is 0 Å². The molecule has 0 spiro atoms. The first-order valence-corrected chi connectivity index (χ1v) is 7.12. The number of nitrogens with zero attached hydrogens (tertiary/aromatic N) is 2. The number of rotatable bonds is 4. The molecule has 0 fully saturated rings. The highest BCUT2D eigenvalue weighted by molar-refractivity contribution is 5.71. The molecule has 0 aliphatic carbocycles. The molecule has 2 N–H and O–H groups in total. The predicted octanol–water partition coefficient (Wildman–Crippen LogP) is 4.19. The molecule has 0 aliphatic rings. The topological polar surface area (TPSA) is 43.8 Å². The van der Waals surface area contributed by atoms with E-state index in [1.807, 2.05) is 18.4 Å². The molecule has 0 bridgehead atoms. The highest BCUT2D eigenvalue weighted by Gasteiger charge is 2.21. The highest BCUT2D eigenvalue weighted by Crippen LogP contribution is 2.32. The van der Waals surface area contributed by atoms with Gasteiger partial charge in [0, 0.05) is 18.0 Å². The van der Waals surface area contributed by atoms with Gasteiger partial charge in [-0.3, -0.25) is 0 Å². The fourth-order valence-electron chi connectivity index (χ4n) is 2.36. The number of anilines is 1. The second-order valence-corrected chi connectivity index (χ2v) is 5.99. The molecule has 0 aliphatic heterocycles. The Morgan fingerprint density at radius 3 is 2.43 bits per heavy atom. The normalized spacial score (nSPS) is 11.6. The third-order valence-corrected chi connectivity index (χ3v) is 3.28. The molecule has 5 heteroatoms. The Bertz CT molecular complexity index is 645. The van der Waals surface area contributed by atoms with Crippen molar-refractivity contribution in [1.29, 1.82) is 0 Å². The van der Waals surface area contributed by atoms with Crippen LogP contribution < -0.4 is 5.73 Å². The SMILES string of the molecule is CC(C)Cn1c(C(C)C)nc(-c2cc(F)ccc2F)c1N. The van der Waals surface area contributed by atoms with Crippen molar-refractivity contribution in [3.8, 4) is 11.3 Å². The van der Waals surface area contributed by atoms with Gasteiger partial charge in [-0.25, -0.2) is 13.8 Å². The standard InChI is InChI=1S/C16H21F2N3/c1-9(2)8-21-15(19)14(20-16(21)10(3)4)12-7-11(17)5-6-13(12)18/h5-7,9-10H,8,19H2,1-4H3. The van der Waals surface area contributed by atoms with Gasteiger partial charge in [0.1, 0.15) is 29.0 Å². The van der Waals surface area contributed by atoms with Gasteiger partial charge in [0.25, 0.3) is 0 Å². The first kappa shape index (κ1) is 15.5. The Balaban J connectivity index is 2.62. The smallest absolute Gasteiger partial charge is 0.132 e. The van der Waals surface area contributed by atoms with Gasteiger partial charge in [0.2, 0.25) is 0 Å². The van der Waals surface area contributed by atoms with Crippen molar-refractivity contribution in [3.05, 3.63) is 35.7 Å². The van der Waals surface area contributed by atoms with E-state index in [0.717, 1.165) is 24.0 Å². The van der Waals surface area contributed by atoms with E-state index >= 15 is 0 Å². The van der Waals surface area contributed by atoms with Gasteiger partial charge in [0.05, 0.1) is 0 Å². The molecule has 3 nitrogen and oxygen atoms in total. The number of halogens is 2. The molecule has 0 radical (unpaired) electrons. The van der Waals surface area contributed by atoms with Crippen molar-refractivity contribution in [2.75, 3.05) is 5.73 Å². The summed E-state index contributed by atoms with van der Waals surface area (Å²) in [6.45, 7) is 8.86. The van der Waals surface area contributed by atoms with Crippen LogP contribution in [0.15, 0.2) is 18.2 Å². The van der Waals surface area contributed by atoms with E-state index in [1.165, 1.54) is 0 Å². The van der Waals surface area contributed by atoms with Crippen molar-refractivity contribution in [1.82, 2.24) is 9.55 Å². The minimum absolute atomic E-state index is 0.108. The number of nitrogens with two attached hydrogens (primary N) is 1. The maximum Gasteiger partial charge on any atom is 0.132 e. The van der Waals surface area contributed by atoms with Gasteiger partial charge in [-0.15, -0.1) is 0 Å². The largest absolute Gasteiger partial charge is 0.383 e. The number of benzene rings is 1. The number of hydrogen-bond donors (Lipinski definition) is 1. The molecule has 0 atom stereocenters. The zero-order valence-corrected chi connectivity index (χ0v) is 12.8. The van der Waals surface area contributed by atoms with Crippen LogP contribution in [0.1, 0.15) is 39.4 Å². The Morgan fingerprint density at radius 2 is 1.86 bits per heavy atom. The summed E-state index contributed by atoms with van der Waals surface area (Å²) >= 11 is 0. The fourth-order valence-corrected chi connectivity index (χ4v) is 2.36. The van der Waals surface area contributed by atoms with Crippen LogP contribution in [-0.2, 0) is 6.54 Å². The molecule has 114 valence electrons. The maximum atomic E-state index is 14.0. The second kappa shape index (κ2) is 5.84. The van der Waals surface area contributed by atoms with Crippen LogP contribution in [0.25, 0.3) is 11.3 Å². The first-order valence-electron chi connectivity index (χ1n) is 7.12. The Hall–Kier alpha value is -1.91. The Morgan fingerprint density at radius 1 is 1.19 bits per heavy atom. The zero-order valence-electron chi connectivity index (χ0n) is 12.8. The summed E-state index contributed by atoms with van der Waals surface area (Å²) < 4.78 is 29.3. The molecule has 2 aromatic rings. The second-order valence-electron chi connectivity index (χ2n) is 5.99. The maximum absolute atomic E-state index is 14.0. The van der Waals surface area contributed by atoms with Crippen molar-refractivity contribution < 1.29 is 8.78 Å². The van der Waals surface area contributed by atoms with Gasteiger partial charge in [-0.1, -0.05) is 27.7 Å². The average Bonchev–Trinajstić information content (AvgIpc) is 2.70. The minimum Gasteiger partial charge on any atom is -0.383 e. The molecule has 1 heterocycles. The van der Waals surface area contributed by atoms with Crippen LogP contribution in [0, 0.1) is 17.6 Å². The summed E-state index contributed by atoms with van der Waals surface area (Å²) in [5.41, 5.74) is 6.58. The number of imidazole rings is 1. The molecule has 1 aromatic heterocycles. The van der Waals surface area contributed by atoms with E-state index in [1.54, 1.807) is 0 Å². The number of hydrogen-bond acceptors (Lipinski definition) is 2. The van der Waals surface area contributed by atoms with E-state index in [2.05, 4.69) is 18.8 Å². The summed E-state index contributed by atoms with van der Waals surface area (Å²) in [6, 6.07) is 3.32. The summed E-state index contributed by atoms with van der Waals surface area (Å²) in [5.74, 6) is 0.681.